The van der Waals surface area contributed by atoms with Crippen molar-refractivity contribution in [3.63, 3.8) is 0 Å². The number of aliphatic hydroxyl groups excluding tert-OH is 1. The highest BCUT2D eigenvalue weighted by Gasteiger charge is 2.54. The lowest BCUT2D eigenvalue weighted by Gasteiger charge is -2.35. The Morgan fingerprint density at radius 1 is 1.26 bits per heavy atom. The average Bonchev–Trinajstić information content (AvgIpc) is 3.60. The first-order valence-corrected chi connectivity index (χ1v) is 12.1. The van der Waals surface area contributed by atoms with Gasteiger partial charge in [-0.05, 0) is 30.2 Å². The maximum absolute atomic E-state index is 11.3. The van der Waals surface area contributed by atoms with E-state index in [0.717, 1.165) is 27.7 Å². The second kappa shape index (κ2) is 8.40. The molecule has 5 heterocycles. The molecule has 1 unspecified atom stereocenters. The van der Waals surface area contributed by atoms with Gasteiger partial charge in [0.05, 0.1) is 23.2 Å². The van der Waals surface area contributed by atoms with Gasteiger partial charge in [0.1, 0.15) is 22.2 Å². The Morgan fingerprint density at radius 2 is 2.18 bits per heavy atom. The molecule has 0 radical (unpaired) electrons. The lowest BCUT2D eigenvalue weighted by atomic mass is 9.96. The first kappa shape index (κ1) is 21.6. The van der Waals surface area contributed by atoms with Crippen molar-refractivity contribution in [2.75, 3.05) is 18.5 Å². The number of hydrogen-bond acceptors (Lipinski definition) is 9. The van der Waals surface area contributed by atoms with Gasteiger partial charge < -0.3 is 15.2 Å². The molecule has 6 rings (SSSR count). The highest BCUT2D eigenvalue weighted by molar-refractivity contribution is 7.15. The van der Waals surface area contributed by atoms with Gasteiger partial charge in [-0.2, -0.15) is 5.10 Å². The van der Waals surface area contributed by atoms with E-state index in [1.165, 1.54) is 0 Å². The van der Waals surface area contributed by atoms with Gasteiger partial charge in [0.15, 0.2) is 6.23 Å². The standard InChI is InChI=1S/C23H22ClN7O2S/c1-30-17(6-9-26-30)28-22-25-8-5-16(27-22)20-29-18-19(34-20)23(7-10-33-13-23)31(21(18)32)12-14-3-2-4-15(24)11-14/h2-6,8-9,11,21,32H,7,10,12-13H2,1H3,(H,25,27,28)/t21?,23-/m1/s1. The Morgan fingerprint density at radius 3 is 2.94 bits per heavy atom. The van der Waals surface area contributed by atoms with Crippen LogP contribution in [-0.4, -0.2) is 48.0 Å². The lowest BCUT2D eigenvalue weighted by Crippen LogP contribution is -2.42. The monoisotopic (exact) mass is 495 g/mol. The summed E-state index contributed by atoms with van der Waals surface area (Å²) < 4.78 is 7.55. The fourth-order valence-electron chi connectivity index (χ4n) is 4.64. The molecule has 9 nitrogen and oxygen atoms in total. The van der Waals surface area contributed by atoms with Crippen LogP contribution in [0.25, 0.3) is 10.7 Å². The van der Waals surface area contributed by atoms with E-state index in [4.69, 9.17) is 21.3 Å². The molecule has 0 saturated carbocycles. The Bertz CT molecular complexity index is 1350. The van der Waals surface area contributed by atoms with Gasteiger partial charge >= 0.3 is 0 Å². The summed E-state index contributed by atoms with van der Waals surface area (Å²) in [5.74, 6) is 1.24. The minimum absolute atomic E-state index is 0.421. The third kappa shape index (κ3) is 3.58. The number of aliphatic hydroxyl groups is 1. The Kier molecular flexibility index (Phi) is 5.34. The Hall–Kier alpha value is -2.89. The van der Waals surface area contributed by atoms with Gasteiger partial charge in [0, 0.05) is 37.5 Å². The van der Waals surface area contributed by atoms with E-state index >= 15 is 0 Å². The number of halogens is 1. The molecule has 2 atom stereocenters. The molecule has 0 amide bonds. The molecule has 34 heavy (non-hydrogen) atoms. The molecule has 1 fully saturated rings. The molecule has 1 aromatic carbocycles. The molecular formula is C23H22ClN7O2S. The topological polar surface area (TPSA) is 101 Å². The van der Waals surface area contributed by atoms with E-state index in [1.807, 2.05) is 43.4 Å². The molecule has 0 aliphatic carbocycles. The molecule has 0 bridgehead atoms. The first-order chi connectivity index (χ1) is 16.5. The van der Waals surface area contributed by atoms with Crippen molar-refractivity contribution < 1.29 is 9.84 Å². The molecule has 2 aliphatic rings. The van der Waals surface area contributed by atoms with Gasteiger partial charge in [0.2, 0.25) is 5.95 Å². The van der Waals surface area contributed by atoms with Gasteiger partial charge in [0.25, 0.3) is 0 Å². The summed E-state index contributed by atoms with van der Waals surface area (Å²) in [4.78, 5) is 16.9. The maximum atomic E-state index is 11.3. The van der Waals surface area contributed by atoms with E-state index in [1.54, 1.807) is 28.4 Å². The Labute approximate surface area is 205 Å². The zero-order chi connectivity index (χ0) is 23.3. The van der Waals surface area contributed by atoms with Crippen molar-refractivity contribution in [3.8, 4) is 10.7 Å². The first-order valence-electron chi connectivity index (χ1n) is 10.9. The SMILES string of the molecule is Cn1nccc1Nc1nccc(-c2nc3c(s2)[C@]2(CCOC2)N(Cc2cccc(Cl)c2)C3O)n1. The van der Waals surface area contributed by atoms with E-state index in [0.29, 0.717) is 42.1 Å². The summed E-state index contributed by atoms with van der Waals surface area (Å²) in [5, 5.41) is 20.1. The van der Waals surface area contributed by atoms with Gasteiger partial charge in [-0.3, -0.25) is 9.58 Å². The number of nitrogens with zero attached hydrogens (tertiary/aromatic N) is 6. The van der Waals surface area contributed by atoms with Crippen LogP contribution in [0.3, 0.4) is 0 Å². The molecule has 2 aliphatic heterocycles. The van der Waals surface area contributed by atoms with Crippen LogP contribution in [0.2, 0.25) is 5.02 Å². The van der Waals surface area contributed by atoms with Crippen LogP contribution in [0.1, 0.15) is 28.8 Å². The Balaban J connectivity index is 1.33. The fraction of sp³-hybridized carbons (Fsp3) is 0.304. The van der Waals surface area contributed by atoms with E-state index in [9.17, 15) is 5.11 Å². The van der Waals surface area contributed by atoms with Gasteiger partial charge in [-0.1, -0.05) is 23.7 Å². The zero-order valence-electron chi connectivity index (χ0n) is 18.3. The van der Waals surface area contributed by atoms with Crippen LogP contribution in [0.15, 0.2) is 48.8 Å². The smallest absolute Gasteiger partial charge is 0.228 e. The number of anilines is 2. The van der Waals surface area contributed by atoms with Crippen molar-refractivity contribution >= 4 is 34.7 Å². The summed E-state index contributed by atoms with van der Waals surface area (Å²) in [6.07, 6.45) is 3.35. The van der Waals surface area contributed by atoms with Crippen molar-refractivity contribution in [2.45, 2.75) is 24.7 Å². The predicted octanol–water partition coefficient (Wildman–Crippen LogP) is 3.85. The van der Waals surface area contributed by atoms with Crippen LogP contribution in [0, 0.1) is 0 Å². The van der Waals surface area contributed by atoms with Gasteiger partial charge in [-0.15, -0.1) is 11.3 Å². The predicted molar refractivity (Wildman–Crippen MR) is 129 cm³/mol. The van der Waals surface area contributed by atoms with Gasteiger partial charge in [-0.25, -0.2) is 15.0 Å². The molecule has 3 aromatic heterocycles. The van der Waals surface area contributed by atoms with Crippen molar-refractivity contribution in [2.24, 2.45) is 7.05 Å². The normalized spacial score (nSPS) is 21.9. The highest BCUT2D eigenvalue weighted by atomic mass is 35.5. The number of aromatic nitrogens is 5. The van der Waals surface area contributed by atoms with Crippen LogP contribution in [0.4, 0.5) is 11.8 Å². The summed E-state index contributed by atoms with van der Waals surface area (Å²) >= 11 is 7.76. The molecule has 1 spiro atoms. The summed E-state index contributed by atoms with van der Waals surface area (Å²) in [6.45, 7) is 1.70. The second-order valence-electron chi connectivity index (χ2n) is 8.43. The molecule has 174 valence electrons. The molecule has 11 heteroatoms. The molecular weight excluding hydrogens is 474 g/mol. The number of rotatable bonds is 5. The number of nitrogens with one attached hydrogen (secondary N) is 1. The summed E-state index contributed by atoms with van der Waals surface area (Å²) in [5.41, 5.74) is 1.99. The van der Waals surface area contributed by atoms with Crippen LogP contribution < -0.4 is 5.32 Å². The van der Waals surface area contributed by atoms with E-state index in [-0.39, 0.29) is 0 Å². The quantitative estimate of drug-likeness (QED) is 0.430. The van der Waals surface area contributed by atoms with Crippen molar-refractivity contribution in [1.29, 1.82) is 0 Å². The number of benzene rings is 1. The number of fused-ring (bicyclic) bond motifs is 2. The summed E-state index contributed by atoms with van der Waals surface area (Å²) in [6, 6.07) is 11.4. The number of hydrogen-bond donors (Lipinski definition) is 2. The lowest BCUT2D eigenvalue weighted by molar-refractivity contribution is -0.0624. The van der Waals surface area contributed by atoms with Crippen molar-refractivity contribution in [3.05, 3.63) is 69.9 Å². The fourth-order valence-corrected chi connectivity index (χ4v) is 6.13. The van der Waals surface area contributed by atoms with Crippen molar-refractivity contribution in [1.82, 2.24) is 29.6 Å². The number of aryl methyl sites for hydroxylation is 1. The van der Waals surface area contributed by atoms with Crippen LogP contribution >= 0.6 is 22.9 Å². The minimum Gasteiger partial charge on any atom is -0.379 e. The van der Waals surface area contributed by atoms with E-state index in [2.05, 4.69) is 25.3 Å². The second-order valence-corrected chi connectivity index (χ2v) is 9.87. The molecule has 4 aromatic rings. The summed E-state index contributed by atoms with van der Waals surface area (Å²) in [7, 11) is 1.84. The number of ether oxygens (including phenoxy) is 1. The maximum Gasteiger partial charge on any atom is 0.228 e. The highest BCUT2D eigenvalue weighted by Crippen LogP contribution is 2.53. The van der Waals surface area contributed by atoms with Crippen LogP contribution in [0.5, 0.6) is 0 Å². The average molecular weight is 496 g/mol. The minimum atomic E-state index is -0.838. The largest absolute Gasteiger partial charge is 0.379 e. The third-order valence-electron chi connectivity index (χ3n) is 6.34. The molecule has 2 N–H and O–H groups in total. The number of thiazole rings is 1. The molecule has 1 saturated heterocycles. The van der Waals surface area contributed by atoms with Crippen LogP contribution in [-0.2, 0) is 23.9 Å². The zero-order valence-corrected chi connectivity index (χ0v) is 19.9. The van der Waals surface area contributed by atoms with E-state index < -0.39 is 11.8 Å². The third-order valence-corrected chi connectivity index (χ3v) is 7.87.